The number of allylic oxidation sites excluding steroid dienone is 2. The Balaban J connectivity index is 2.37. The van der Waals surface area contributed by atoms with Crippen molar-refractivity contribution in [3.05, 3.63) is 51.2 Å². The molecule has 0 saturated carbocycles. The zero-order valence-corrected chi connectivity index (χ0v) is 9.89. The molecule has 0 saturated heterocycles. The zero-order valence-electron chi connectivity index (χ0n) is 9.89. The number of carbonyl (C=O) groups excluding carboxylic acids is 2. The van der Waals surface area contributed by atoms with E-state index < -0.39 is 4.92 Å². The third kappa shape index (κ3) is 1.50. The van der Waals surface area contributed by atoms with Gasteiger partial charge in [-0.1, -0.05) is 0 Å². The predicted molar refractivity (Wildman–Crippen MR) is 67.4 cm³/mol. The lowest BCUT2D eigenvalue weighted by molar-refractivity contribution is -0.384. The normalized spacial score (nSPS) is 14.5. The summed E-state index contributed by atoms with van der Waals surface area (Å²) >= 11 is 0. The summed E-state index contributed by atoms with van der Waals surface area (Å²) in [7, 11) is 0. The molecule has 0 atom stereocenters. The van der Waals surface area contributed by atoms with Gasteiger partial charge in [0.2, 0.25) is 5.78 Å². The molecule has 2 aromatic rings. The van der Waals surface area contributed by atoms with Crippen LogP contribution in [0.2, 0.25) is 0 Å². The first-order valence-electron chi connectivity index (χ1n) is 5.56. The second-order valence-corrected chi connectivity index (χ2v) is 4.38. The van der Waals surface area contributed by atoms with Crippen LogP contribution in [-0.4, -0.2) is 21.5 Å². The fourth-order valence-corrected chi connectivity index (χ4v) is 2.25. The Labute approximate surface area is 106 Å². The predicted octanol–water partition coefficient (Wildman–Crippen LogP) is 2.40. The third-order valence-electron chi connectivity index (χ3n) is 3.17. The molecular weight excluding hydrogens is 248 g/mol. The van der Waals surface area contributed by atoms with Crippen LogP contribution in [0.25, 0.3) is 10.9 Å². The lowest BCUT2D eigenvalue weighted by Crippen LogP contribution is -2.14. The molecule has 1 aliphatic carbocycles. The van der Waals surface area contributed by atoms with E-state index in [-0.39, 0.29) is 28.5 Å². The highest BCUT2D eigenvalue weighted by atomic mass is 16.6. The highest BCUT2D eigenvalue weighted by molar-refractivity contribution is 6.28. The molecule has 6 heteroatoms. The Hall–Kier alpha value is -2.76. The number of carbonyl (C=O) groups is 2. The molecule has 0 fully saturated rings. The first-order valence-corrected chi connectivity index (χ1v) is 5.56. The summed E-state index contributed by atoms with van der Waals surface area (Å²) in [5, 5.41) is 11.2. The lowest BCUT2D eigenvalue weighted by Gasteiger charge is -2.07. The number of aromatic nitrogens is 1. The zero-order chi connectivity index (χ0) is 13.7. The van der Waals surface area contributed by atoms with Crippen molar-refractivity contribution in [1.29, 1.82) is 0 Å². The van der Waals surface area contributed by atoms with Crippen molar-refractivity contribution in [3.8, 4) is 0 Å². The molecule has 0 spiro atoms. The molecule has 1 heterocycles. The second-order valence-electron chi connectivity index (χ2n) is 4.38. The number of fused-ring (bicyclic) bond motifs is 3. The number of rotatable bonds is 1. The number of non-ortho nitro benzene ring substituents is 1. The maximum absolute atomic E-state index is 12.1. The van der Waals surface area contributed by atoms with Crippen molar-refractivity contribution in [2.24, 2.45) is 0 Å². The summed E-state index contributed by atoms with van der Waals surface area (Å²) in [4.78, 5) is 37.0. The van der Waals surface area contributed by atoms with E-state index in [0.717, 1.165) is 0 Å². The number of hydrogen-bond donors (Lipinski definition) is 1. The van der Waals surface area contributed by atoms with E-state index in [4.69, 9.17) is 0 Å². The van der Waals surface area contributed by atoms with Gasteiger partial charge in [0.1, 0.15) is 0 Å². The number of ketones is 2. The molecule has 3 rings (SSSR count). The largest absolute Gasteiger partial charge is 0.351 e. The lowest BCUT2D eigenvalue weighted by atomic mass is 9.93. The molecule has 0 amide bonds. The number of hydrogen-bond acceptors (Lipinski definition) is 4. The summed E-state index contributed by atoms with van der Waals surface area (Å²) in [6, 6.07) is 4.15. The van der Waals surface area contributed by atoms with E-state index in [1.807, 2.05) is 0 Å². The minimum absolute atomic E-state index is 0.109. The standard InChI is InChI=1S/C13H8N2O4/c1-6-4-10(16)12-11(13(6)17)8-5-7(15(18)19)2-3-9(8)14-12/h2-5,14H,1H3. The minimum Gasteiger partial charge on any atom is -0.351 e. The van der Waals surface area contributed by atoms with E-state index in [1.165, 1.54) is 24.3 Å². The van der Waals surface area contributed by atoms with Gasteiger partial charge in [-0.15, -0.1) is 0 Å². The van der Waals surface area contributed by atoms with Crippen LogP contribution < -0.4 is 0 Å². The highest BCUT2D eigenvalue weighted by Gasteiger charge is 2.28. The third-order valence-corrected chi connectivity index (χ3v) is 3.17. The summed E-state index contributed by atoms with van der Waals surface area (Å²) in [6.07, 6.45) is 1.27. The second kappa shape index (κ2) is 3.61. The molecule has 0 bridgehead atoms. The molecule has 6 nitrogen and oxygen atoms in total. The van der Waals surface area contributed by atoms with E-state index >= 15 is 0 Å². The number of nitro benzene ring substituents is 1. The molecule has 1 N–H and O–H groups in total. The fraction of sp³-hybridized carbons (Fsp3) is 0.0769. The molecule has 19 heavy (non-hydrogen) atoms. The van der Waals surface area contributed by atoms with Crippen LogP contribution in [0.3, 0.4) is 0 Å². The number of aromatic amines is 1. The number of H-pyrrole nitrogens is 1. The van der Waals surface area contributed by atoms with Gasteiger partial charge in [-0.05, 0) is 19.1 Å². The van der Waals surface area contributed by atoms with E-state index in [9.17, 15) is 19.7 Å². The number of nitro groups is 1. The number of nitrogens with zero attached hydrogens (tertiary/aromatic N) is 1. The smallest absolute Gasteiger partial charge is 0.270 e. The van der Waals surface area contributed by atoms with Gasteiger partial charge in [0, 0.05) is 28.6 Å². The van der Waals surface area contributed by atoms with Crippen LogP contribution in [-0.2, 0) is 0 Å². The van der Waals surface area contributed by atoms with Crippen molar-refractivity contribution in [3.63, 3.8) is 0 Å². The van der Waals surface area contributed by atoms with Crippen LogP contribution in [0.15, 0.2) is 29.8 Å². The Morgan fingerprint density at radius 2 is 2.00 bits per heavy atom. The number of benzene rings is 1. The van der Waals surface area contributed by atoms with Crippen molar-refractivity contribution < 1.29 is 14.5 Å². The van der Waals surface area contributed by atoms with Gasteiger partial charge < -0.3 is 4.98 Å². The van der Waals surface area contributed by atoms with E-state index in [2.05, 4.69) is 4.98 Å². The Morgan fingerprint density at radius 1 is 1.26 bits per heavy atom. The molecule has 0 aliphatic heterocycles. The Bertz CT molecular complexity index is 798. The Kier molecular flexibility index (Phi) is 2.16. The molecule has 1 aromatic heterocycles. The van der Waals surface area contributed by atoms with Gasteiger partial charge in [0.05, 0.1) is 16.2 Å². The Morgan fingerprint density at radius 3 is 2.68 bits per heavy atom. The molecule has 94 valence electrons. The quantitative estimate of drug-likeness (QED) is 0.626. The topological polar surface area (TPSA) is 93.1 Å². The van der Waals surface area contributed by atoms with Crippen molar-refractivity contribution in [2.45, 2.75) is 6.92 Å². The van der Waals surface area contributed by atoms with Crippen molar-refractivity contribution in [2.75, 3.05) is 0 Å². The molecule has 0 radical (unpaired) electrons. The highest BCUT2D eigenvalue weighted by Crippen LogP contribution is 2.31. The average molecular weight is 256 g/mol. The van der Waals surface area contributed by atoms with Gasteiger partial charge in [-0.25, -0.2) is 0 Å². The van der Waals surface area contributed by atoms with E-state index in [1.54, 1.807) is 6.92 Å². The van der Waals surface area contributed by atoms with Crippen LogP contribution in [0, 0.1) is 10.1 Å². The summed E-state index contributed by atoms with van der Waals surface area (Å²) < 4.78 is 0. The van der Waals surface area contributed by atoms with Gasteiger partial charge in [-0.2, -0.15) is 0 Å². The fourth-order valence-electron chi connectivity index (χ4n) is 2.25. The van der Waals surface area contributed by atoms with Crippen molar-refractivity contribution in [1.82, 2.24) is 4.98 Å². The summed E-state index contributed by atoms with van der Waals surface area (Å²) in [5.41, 5.74) is 1.20. The van der Waals surface area contributed by atoms with Crippen LogP contribution in [0.5, 0.6) is 0 Å². The first kappa shape index (κ1) is 11.3. The monoisotopic (exact) mass is 256 g/mol. The van der Waals surface area contributed by atoms with Gasteiger partial charge in [-0.3, -0.25) is 19.7 Å². The van der Waals surface area contributed by atoms with Crippen LogP contribution >= 0.6 is 0 Å². The average Bonchev–Trinajstić information content (AvgIpc) is 2.75. The number of Topliss-reactive ketones (excluding diaryl/α,β-unsaturated/α-hetero) is 1. The summed E-state index contributed by atoms with van der Waals surface area (Å²) in [6.45, 7) is 1.55. The SMILES string of the molecule is CC1=CC(=O)c2[nH]c3ccc([N+](=O)[O-])cc3c2C1=O. The van der Waals surface area contributed by atoms with E-state index in [0.29, 0.717) is 16.5 Å². The van der Waals surface area contributed by atoms with Gasteiger partial charge >= 0.3 is 0 Å². The van der Waals surface area contributed by atoms with Crippen LogP contribution in [0.1, 0.15) is 27.8 Å². The maximum Gasteiger partial charge on any atom is 0.270 e. The summed E-state index contributed by atoms with van der Waals surface area (Å²) in [5.74, 6) is -0.563. The van der Waals surface area contributed by atoms with Gasteiger partial charge in [0.15, 0.2) is 5.78 Å². The van der Waals surface area contributed by atoms with Gasteiger partial charge in [0.25, 0.3) is 5.69 Å². The molecular formula is C13H8N2O4. The van der Waals surface area contributed by atoms with Crippen molar-refractivity contribution >= 4 is 28.2 Å². The minimum atomic E-state index is -0.531. The molecule has 1 aromatic carbocycles. The first-order chi connectivity index (χ1) is 8.99. The maximum atomic E-state index is 12.1. The molecule has 1 aliphatic rings. The van der Waals surface area contributed by atoms with Crippen LogP contribution in [0.4, 0.5) is 5.69 Å². The number of nitrogens with one attached hydrogen (secondary N) is 1. The molecule has 0 unspecified atom stereocenters.